The summed E-state index contributed by atoms with van der Waals surface area (Å²) in [6.45, 7) is 4.66. The molecular formula is C23H19BrN2OS. The van der Waals surface area contributed by atoms with Crippen LogP contribution in [0, 0.1) is 13.8 Å². The second-order valence-corrected chi connectivity index (χ2v) is 8.71. The van der Waals surface area contributed by atoms with Gasteiger partial charge in [0.15, 0.2) is 5.13 Å². The molecule has 0 radical (unpaired) electrons. The lowest BCUT2D eigenvalue weighted by Gasteiger charge is -2.20. The highest BCUT2D eigenvalue weighted by molar-refractivity contribution is 9.10. The Kier molecular flexibility index (Phi) is 5.29. The second-order valence-electron chi connectivity index (χ2n) is 6.79. The fourth-order valence-corrected chi connectivity index (χ4v) is 4.50. The van der Waals surface area contributed by atoms with Crippen molar-refractivity contribution in [3.8, 4) is 0 Å². The van der Waals surface area contributed by atoms with Crippen molar-refractivity contribution in [2.75, 3.05) is 4.90 Å². The van der Waals surface area contributed by atoms with Gasteiger partial charge in [-0.3, -0.25) is 9.69 Å². The molecule has 3 nitrogen and oxygen atoms in total. The molecule has 0 fully saturated rings. The number of aryl methyl sites for hydroxylation is 2. The number of thiazole rings is 1. The Morgan fingerprint density at radius 3 is 2.50 bits per heavy atom. The van der Waals surface area contributed by atoms with Crippen molar-refractivity contribution >= 4 is 48.5 Å². The van der Waals surface area contributed by atoms with Crippen molar-refractivity contribution in [2.45, 2.75) is 20.4 Å². The summed E-state index contributed by atoms with van der Waals surface area (Å²) in [6, 6.07) is 21.7. The predicted molar refractivity (Wildman–Crippen MR) is 120 cm³/mol. The molecule has 1 heterocycles. The summed E-state index contributed by atoms with van der Waals surface area (Å²) in [5.74, 6) is -0.0577. The van der Waals surface area contributed by atoms with Crippen LogP contribution in [0.1, 0.15) is 27.0 Å². The molecule has 0 unspecified atom stereocenters. The first-order valence-corrected chi connectivity index (χ1v) is 10.6. The number of carbonyl (C=O) groups excluding carboxylic acids is 1. The number of fused-ring (bicyclic) bond motifs is 1. The molecule has 3 aromatic carbocycles. The van der Waals surface area contributed by atoms with Crippen LogP contribution >= 0.6 is 27.3 Å². The van der Waals surface area contributed by atoms with E-state index < -0.39 is 0 Å². The van der Waals surface area contributed by atoms with Crippen LogP contribution in [-0.4, -0.2) is 10.9 Å². The Balaban J connectivity index is 1.79. The van der Waals surface area contributed by atoms with E-state index in [9.17, 15) is 4.79 Å². The van der Waals surface area contributed by atoms with Gasteiger partial charge in [0.1, 0.15) is 0 Å². The number of benzene rings is 3. The molecule has 0 saturated carbocycles. The minimum atomic E-state index is -0.0577. The summed E-state index contributed by atoms with van der Waals surface area (Å²) >= 11 is 5.02. The maximum Gasteiger partial charge on any atom is 0.260 e. The van der Waals surface area contributed by atoms with Gasteiger partial charge in [-0.1, -0.05) is 63.7 Å². The SMILES string of the molecule is Cc1cc2nc(N(Cc3ccccc3)C(=O)c3cccc(Br)c3)sc2cc1C. The number of aromatic nitrogens is 1. The van der Waals surface area contributed by atoms with Crippen LogP contribution < -0.4 is 4.90 Å². The molecule has 0 bridgehead atoms. The summed E-state index contributed by atoms with van der Waals surface area (Å²) < 4.78 is 1.98. The first-order chi connectivity index (χ1) is 13.5. The summed E-state index contributed by atoms with van der Waals surface area (Å²) in [4.78, 5) is 19.9. The van der Waals surface area contributed by atoms with E-state index in [1.165, 1.54) is 11.1 Å². The van der Waals surface area contributed by atoms with E-state index in [0.29, 0.717) is 17.2 Å². The maximum atomic E-state index is 13.4. The number of nitrogens with zero attached hydrogens (tertiary/aromatic N) is 2. The summed E-state index contributed by atoms with van der Waals surface area (Å²) in [6.07, 6.45) is 0. The third-order valence-electron chi connectivity index (χ3n) is 4.72. The molecule has 0 N–H and O–H groups in total. The number of anilines is 1. The van der Waals surface area contributed by atoms with E-state index in [1.54, 1.807) is 16.2 Å². The first-order valence-electron chi connectivity index (χ1n) is 9.00. The van der Waals surface area contributed by atoms with Crippen LogP contribution in [0.3, 0.4) is 0 Å². The molecule has 0 atom stereocenters. The van der Waals surface area contributed by atoms with Gasteiger partial charge in [0.25, 0.3) is 5.91 Å². The quantitative estimate of drug-likeness (QED) is 0.354. The molecule has 4 aromatic rings. The van der Waals surface area contributed by atoms with Gasteiger partial charge in [-0.05, 0) is 60.9 Å². The van der Waals surface area contributed by atoms with Crippen molar-refractivity contribution in [1.29, 1.82) is 0 Å². The van der Waals surface area contributed by atoms with Gasteiger partial charge in [0.2, 0.25) is 0 Å². The van der Waals surface area contributed by atoms with E-state index in [0.717, 1.165) is 20.3 Å². The molecular weight excluding hydrogens is 432 g/mol. The van der Waals surface area contributed by atoms with Crippen molar-refractivity contribution < 1.29 is 4.79 Å². The van der Waals surface area contributed by atoms with Gasteiger partial charge in [-0.15, -0.1) is 0 Å². The zero-order valence-corrected chi connectivity index (χ0v) is 18.0. The average Bonchev–Trinajstić information content (AvgIpc) is 3.09. The van der Waals surface area contributed by atoms with Crippen LogP contribution in [0.4, 0.5) is 5.13 Å². The van der Waals surface area contributed by atoms with Crippen molar-refractivity contribution in [1.82, 2.24) is 4.98 Å². The van der Waals surface area contributed by atoms with Crippen molar-refractivity contribution in [3.05, 3.63) is 93.5 Å². The number of carbonyl (C=O) groups is 1. The molecule has 1 amide bonds. The lowest BCUT2D eigenvalue weighted by molar-refractivity contribution is 0.0985. The molecule has 5 heteroatoms. The Hall–Kier alpha value is -2.50. The Labute approximate surface area is 176 Å². The third-order valence-corrected chi connectivity index (χ3v) is 6.26. The van der Waals surface area contributed by atoms with Gasteiger partial charge in [0, 0.05) is 10.0 Å². The van der Waals surface area contributed by atoms with Crippen LogP contribution in [0.25, 0.3) is 10.2 Å². The fourth-order valence-electron chi connectivity index (χ4n) is 3.05. The van der Waals surface area contributed by atoms with E-state index in [1.807, 2.05) is 54.6 Å². The molecule has 0 aliphatic heterocycles. The number of rotatable bonds is 4. The van der Waals surface area contributed by atoms with Crippen LogP contribution in [0.15, 0.2) is 71.2 Å². The highest BCUT2D eigenvalue weighted by atomic mass is 79.9. The normalized spacial score (nSPS) is 11.0. The number of hydrogen-bond acceptors (Lipinski definition) is 3. The minimum absolute atomic E-state index is 0.0577. The highest BCUT2D eigenvalue weighted by Crippen LogP contribution is 2.32. The van der Waals surface area contributed by atoms with Crippen LogP contribution in [0.5, 0.6) is 0 Å². The standard InChI is InChI=1S/C23H19BrN2OS/c1-15-11-20-21(12-16(15)2)28-23(25-20)26(14-17-7-4-3-5-8-17)22(27)18-9-6-10-19(24)13-18/h3-13H,14H2,1-2H3. The zero-order chi connectivity index (χ0) is 19.7. The third kappa shape index (κ3) is 3.86. The number of hydrogen-bond donors (Lipinski definition) is 0. The highest BCUT2D eigenvalue weighted by Gasteiger charge is 2.22. The smallest absolute Gasteiger partial charge is 0.260 e. The van der Waals surface area contributed by atoms with E-state index in [2.05, 4.69) is 41.9 Å². The van der Waals surface area contributed by atoms with Gasteiger partial charge in [-0.25, -0.2) is 4.98 Å². The number of amides is 1. The fraction of sp³-hybridized carbons (Fsp3) is 0.130. The molecule has 0 saturated heterocycles. The Morgan fingerprint density at radius 1 is 1.00 bits per heavy atom. The Bertz CT molecular complexity index is 1110. The van der Waals surface area contributed by atoms with Gasteiger partial charge in [0.05, 0.1) is 16.8 Å². The summed E-state index contributed by atoms with van der Waals surface area (Å²) in [7, 11) is 0. The number of halogens is 1. The van der Waals surface area contributed by atoms with Crippen LogP contribution in [0.2, 0.25) is 0 Å². The van der Waals surface area contributed by atoms with E-state index >= 15 is 0 Å². The maximum absolute atomic E-state index is 13.4. The molecule has 0 spiro atoms. The van der Waals surface area contributed by atoms with Gasteiger partial charge < -0.3 is 0 Å². The van der Waals surface area contributed by atoms with Gasteiger partial charge >= 0.3 is 0 Å². The summed E-state index contributed by atoms with van der Waals surface area (Å²) in [5.41, 5.74) is 5.07. The first kappa shape index (κ1) is 18.8. The molecule has 0 aliphatic carbocycles. The lowest BCUT2D eigenvalue weighted by atomic mass is 10.1. The Morgan fingerprint density at radius 2 is 1.75 bits per heavy atom. The van der Waals surface area contributed by atoms with Crippen molar-refractivity contribution in [2.24, 2.45) is 0 Å². The van der Waals surface area contributed by atoms with Gasteiger partial charge in [-0.2, -0.15) is 0 Å². The van der Waals surface area contributed by atoms with E-state index in [-0.39, 0.29) is 5.91 Å². The van der Waals surface area contributed by atoms with Crippen molar-refractivity contribution in [3.63, 3.8) is 0 Å². The largest absolute Gasteiger partial charge is 0.279 e. The monoisotopic (exact) mass is 450 g/mol. The molecule has 4 rings (SSSR count). The molecule has 0 aliphatic rings. The zero-order valence-electron chi connectivity index (χ0n) is 15.6. The minimum Gasteiger partial charge on any atom is -0.279 e. The van der Waals surface area contributed by atoms with Crippen LogP contribution in [-0.2, 0) is 6.54 Å². The van der Waals surface area contributed by atoms with E-state index in [4.69, 9.17) is 4.98 Å². The molecule has 28 heavy (non-hydrogen) atoms. The predicted octanol–water partition coefficient (Wildman–Crippen LogP) is 6.52. The lowest BCUT2D eigenvalue weighted by Crippen LogP contribution is -2.30. The second kappa shape index (κ2) is 7.86. The topological polar surface area (TPSA) is 33.2 Å². The molecule has 1 aromatic heterocycles. The average molecular weight is 451 g/mol. The summed E-state index contributed by atoms with van der Waals surface area (Å²) in [5, 5.41) is 0.717. The molecule has 140 valence electrons.